The monoisotopic (exact) mass is 366 g/mol. The number of aryl methyl sites for hydroxylation is 2. The number of hydrogen-bond acceptors (Lipinski definition) is 6. The molecule has 4 rings (SSSR count). The van der Waals surface area contributed by atoms with Crippen LogP contribution in [0.5, 0.6) is 0 Å². The maximum atomic E-state index is 13.0. The van der Waals surface area contributed by atoms with E-state index in [0.717, 1.165) is 42.0 Å². The number of amides is 1. The molecule has 0 radical (unpaired) electrons. The molecule has 0 unspecified atom stereocenters. The van der Waals surface area contributed by atoms with Gasteiger partial charge in [0.1, 0.15) is 6.33 Å². The van der Waals surface area contributed by atoms with Crippen LogP contribution in [0.2, 0.25) is 0 Å². The van der Waals surface area contributed by atoms with Crippen LogP contribution in [0.1, 0.15) is 46.2 Å². The Labute approximate surface area is 157 Å². The van der Waals surface area contributed by atoms with E-state index in [9.17, 15) is 4.79 Å². The number of rotatable bonds is 3. The SMILES string of the molecule is Cc1cc(-c2cncnc2[C@@H]2CCCN(C(=O)c3cnn(C)c3C)C2)on1. The molecule has 0 spiro atoms. The predicted octanol–water partition coefficient (Wildman–Crippen LogP) is 2.50. The summed E-state index contributed by atoms with van der Waals surface area (Å²) < 4.78 is 7.15. The fraction of sp³-hybridized carbons (Fsp3) is 0.421. The molecule has 3 aromatic heterocycles. The molecule has 1 aliphatic heterocycles. The van der Waals surface area contributed by atoms with Gasteiger partial charge >= 0.3 is 0 Å². The number of likely N-dealkylation sites (tertiary alicyclic amines) is 1. The average Bonchev–Trinajstić information content (AvgIpc) is 3.27. The molecule has 1 atom stereocenters. The van der Waals surface area contributed by atoms with Crippen LogP contribution in [-0.2, 0) is 7.05 Å². The van der Waals surface area contributed by atoms with Crippen LogP contribution in [0.4, 0.5) is 0 Å². The van der Waals surface area contributed by atoms with Gasteiger partial charge in [-0.05, 0) is 26.7 Å². The molecule has 1 saturated heterocycles. The lowest BCUT2D eigenvalue weighted by Gasteiger charge is -2.33. The van der Waals surface area contributed by atoms with E-state index in [1.165, 1.54) is 0 Å². The molecule has 8 nitrogen and oxygen atoms in total. The van der Waals surface area contributed by atoms with Gasteiger partial charge in [0.2, 0.25) is 0 Å². The van der Waals surface area contributed by atoms with Crippen molar-refractivity contribution in [2.24, 2.45) is 7.05 Å². The fourth-order valence-corrected chi connectivity index (χ4v) is 3.61. The van der Waals surface area contributed by atoms with Crippen LogP contribution in [0, 0.1) is 13.8 Å². The minimum Gasteiger partial charge on any atom is -0.356 e. The molecule has 1 amide bonds. The van der Waals surface area contributed by atoms with Crippen molar-refractivity contribution in [2.75, 3.05) is 13.1 Å². The Hall–Kier alpha value is -3.03. The molecule has 8 heteroatoms. The molecule has 0 N–H and O–H groups in total. The zero-order valence-corrected chi connectivity index (χ0v) is 15.7. The molecule has 0 bridgehead atoms. The van der Waals surface area contributed by atoms with Crippen LogP contribution in [0.15, 0.2) is 29.3 Å². The van der Waals surface area contributed by atoms with Crippen molar-refractivity contribution in [3.8, 4) is 11.3 Å². The normalized spacial score (nSPS) is 17.3. The molecular weight excluding hydrogens is 344 g/mol. The van der Waals surface area contributed by atoms with E-state index in [1.807, 2.05) is 31.9 Å². The molecule has 1 aliphatic rings. The Balaban J connectivity index is 1.61. The fourth-order valence-electron chi connectivity index (χ4n) is 3.61. The number of piperidine rings is 1. The third-order valence-electron chi connectivity index (χ3n) is 5.20. The molecule has 1 fully saturated rings. The molecule has 3 aromatic rings. The molecule has 0 aromatic carbocycles. The van der Waals surface area contributed by atoms with Gasteiger partial charge in [-0.15, -0.1) is 0 Å². The lowest BCUT2D eigenvalue weighted by Crippen LogP contribution is -2.39. The molecular formula is C19H22N6O2. The second-order valence-electron chi connectivity index (χ2n) is 7.01. The summed E-state index contributed by atoms with van der Waals surface area (Å²) in [6, 6.07) is 1.88. The zero-order chi connectivity index (χ0) is 19.0. The van der Waals surface area contributed by atoms with Crippen LogP contribution in [0.25, 0.3) is 11.3 Å². The summed E-state index contributed by atoms with van der Waals surface area (Å²) >= 11 is 0. The van der Waals surface area contributed by atoms with E-state index in [0.29, 0.717) is 17.9 Å². The molecule has 0 saturated carbocycles. The number of carbonyl (C=O) groups is 1. The van der Waals surface area contributed by atoms with Gasteiger partial charge in [-0.1, -0.05) is 5.16 Å². The van der Waals surface area contributed by atoms with Crippen molar-refractivity contribution in [3.63, 3.8) is 0 Å². The lowest BCUT2D eigenvalue weighted by molar-refractivity contribution is 0.0705. The number of aromatic nitrogens is 5. The number of hydrogen-bond donors (Lipinski definition) is 0. The van der Waals surface area contributed by atoms with Gasteiger partial charge < -0.3 is 9.42 Å². The Bertz CT molecular complexity index is 976. The van der Waals surface area contributed by atoms with E-state index in [2.05, 4.69) is 20.2 Å². The van der Waals surface area contributed by atoms with E-state index in [1.54, 1.807) is 23.4 Å². The Kier molecular flexibility index (Phi) is 4.47. The van der Waals surface area contributed by atoms with Crippen LogP contribution in [0.3, 0.4) is 0 Å². The van der Waals surface area contributed by atoms with Crippen molar-refractivity contribution in [1.82, 2.24) is 29.8 Å². The highest BCUT2D eigenvalue weighted by Crippen LogP contribution is 2.33. The van der Waals surface area contributed by atoms with Gasteiger partial charge in [-0.2, -0.15) is 5.10 Å². The summed E-state index contributed by atoms with van der Waals surface area (Å²) in [6.07, 6.45) is 6.85. The second-order valence-corrected chi connectivity index (χ2v) is 7.01. The Morgan fingerprint density at radius 2 is 2.15 bits per heavy atom. The number of nitrogens with zero attached hydrogens (tertiary/aromatic N) is 6. The van der Waals surface area contributed by atoms with Gasteiger partial charge in [-0.3, -0.25) is 9.48 Å². The van der Waals surface area contributed by atoms with Crippen LogP contribution >= 0.6 is 0 Å². The maximum Gasteiger partial charge on any atom is 0.257 e. The third kappa shape index (κ3) is 3.22. The third-order valence-corrected chi connectivity index (χ3v) is 5.20. The summed E-state index contributed by atoms with van der Waals surface area (Å²) in [4.78, 5) is 23.6. The quantitative estimate of drug-likeness (QED) is 0.707. The van der Waals surface area contributed by atoms with E-state index in [4.69, 9.17) is 4.52 Å². The summed E-state index contributed by atoms with van der Waals surface area (Å²) in [6.45, 7) is 5.15. The minimum atomic E-state index is 0.0245. The van der Waals surface area contributed by atoms with E-state index >= 15 is 0 Å². The first-order valence-electron chi connectivity index (χ1n) is 9.06. The average molecular weight is 366 g/mol. The summed E-state index contributed by atoms with van der Waals surface area (Å²) in [7, 11) is 1.84. The van der Waals surface area contributed by atoms with Gasteiger partial charge in [0.15, 0.2) is 5.76 Å². The topological polar surface area (TPSA) is 89.9 Å². The van der Waals surface area contributed by atoms with Gasteiger partial charge in [0.05, 0.1) is 28.7 Å². The van der Waals surface area contributed by atoms with Gasteiger partial charge in [-0.25, -0.2) is 9.97 Å². The molecule has 27 heavy (non-hydrogen) atoms. The van der Waals surface area contributed by atoms with E-state index < -0.39 is 0 Å². The van der Waals surface area contributed by atoms with Crippen molar-refractivity contribution < 1.29 is 9.32 Å². The number of carbonyl (C=O) groups excluding carboxylic acids is 1. The first-order valence-corrected chi connectivity index (χ1v) is 9.06. The lowest BCUT2D eigenvalue weighted by atomic mass is 9.91. The highest BCUT2D eigenvalue weighted by molar-refractivity contribution is 5.95. The first-order chi connectivity index (χ1) is 13.0. The van der Waals surface area contributed by atoms with Gasteiger partial charge in [0.25, 0.3) is 5.91 Å². The van der Waals surface area contributed by atoms with Crippen molar-refractivity contribution in [1.29, 1.82) is 0 Å². The maximum absolute atomic E-state index is 13.0. The van der Waals surface area contributed by atoms with E-state index in [-0.39, 0.29) is 11.8 Å². The summed E-state index contributed by atoms with van der Waals surface area (Å²) in [5.74, 6) is 0.814. The summed E-state index contributed by atoms with van der Waals surface area (Å²) in [5.41, 5.74) is 4.10. The molecule has 4 heterocycles. The highest BCUT2D eigenvalue weighted by atomic mass is 16.5. The zero-order valence-electron chi connectivity index (χ0n) is 15.7. The van der Waals surface area contributed by atoms with Crippen LogP contribution < -0.4 is 0 Å². The smallest absolute Gasteiger partial charge is 0.257 e. The van der Waals surface area contributed by atoms with Gasteiger partial charge in [0, 0.05) is 44.0 Å². The van der Waals surface area contributed by atoms with Crippen LogP contribution in [-0.4, -0.2) is 48.8 Å². The molecule has 0 aliphatic carbocycles. The first kappa shape index (κ1) is 17.4. The van der Waals surface area contributed by atoms with Crippen molar-refractivity contribution in [2.45, 2.75) is 32.6 Å². The predicted molar refractivity (Wildman–Crippen MR) is 98.1 cm³/mol. The van der Waals surface area contributed by atoms with Crippen molar-refractivity contribution >= 4 is 5.91 Å². The van der Waals surface area contributed by atoms with Crippen molar-refractivity contribution in [3.05, 3.63) is 47.4 Å². The Morgan fingerprint density at radius 1 is 1.30 bits per heavy atom. The minimum absolute atomic E-state index is 0.0245. The standard InChI is InChI=1S/C19H22N6O2/c1-12-7-17(27-23-12)16-8-20-11-21-18(16)14-5-4-6-25(10-14)19(26)15-9-22-24(3)13(15)2/h7-9,11,14H,4-6,10H2,1-3H3/t14-/m1/s1. The largest absolute Gasteiger partial charge is 0.356 e. The molecule has 140 valence electrons. The summed E-state index contributed by atoms with van der Waals surface area (Å²) in [5, 5.41) is 8.16. The Morgan fingerprint density at radius 3 is 2.85 bits per heavy atom. The highest BCUT2D eigenvalue weighted by Gasteiger charge is 2.30. The second kappa shape index (κ2) is 6.94.